The van der Waals surface area contributed by atoms with Crippen molar-refractivity contribution in [3.8, 4) is 0 Å². The molecule has 0 radical (unpaired) electrons. The van der Waals surface area contributed by atoms with Crippen LogP contribution in [0.15, 0.2) is 11.6 Å². The molecule has 368 valence electrons. The molecule has 0 aromatic rings. The Morgan fingerprint density at radius 3 is 1.97 bits per heavy atom. The summed E-state index contributed by atoms with van der Waals surface area (Å²) in [6.45, 7) is 7.15. The van der Waals surface area contributed by atoms with Crippen LogP contribution in [0.5, 0.6) is 0 Å². The number of ether oxygens (including phenoxy) is 7. The van der Waals surface area contributed by atoms with Crippen LogP contribution in [0.4, 0.5) is 0 Å². The van der Waals surface area contributed by atoms with Gasteiger partial charge in [0.25, 0.3) is 0 Å². The Balaban J connectivity index is 0.852. The first-order chi connectivity index (χ1) is 30.3. The molecular formula is C45H74O19. The van der Waals surface area contributed by atoms with E-state index in [0.29, 0.717) is 43.4 Å². The molecule has 4 heterocycles. The summed E-state index contributed by atoms with van der Waals surface area (Å²) >= 11 is 0. The molecule has 0 amide bonds. The lowest BCUT2D eigenvalue weighted by Crippen LogP contribution is -2.65. The predicted octanol–water partition coefficient (Wildman–Crippen LogP) is -1.86. The van der Waals surface area contributed by atoms with Crippen molar-refractivity contribution in [3.05, 3.63) is 11.6 Å². The molecule has 0 aromatic carbocycles. The number of aliphatic hydroxyl groups excluding tert-OH is 11. The molecule has 0 aromatic heterocycles. The summed E-state index contributed by atoms with van der Waals surface area (Å²) in [5.74, 6) is 0.0434. The first-order valence-corrected chi connectivity index (χ1v) is 23.6. The Hall–Kier alpha value is -1.02. The van der Waals surface area contributed by atoms with Gasteiger partial charge in [0.2, 0.25) is 0 Å². The number of hydrogen-bond donors (Lipinski definition) is 12. The second kappa shape index (κ2) is 19.1. The molecule has 64 heavy (non-hydrogen) atoms. The molecule has 1 unspecified atom stereocenters. The first kappa shape index (κ1) is 49.4. The summed E-state index contributed by atoms with van der Waals surface area (Å²) in [5, 5.41) is 125. The van der Waals surface area contributed by atoms with Crippen molar-refractivity contribution in [1.29, 1.82) is 0 Å². The van der Waals surface area contributed by atoms with E-state index in [1.165, 1.54) is 5.57 Å². The van der Waals surface area contributed by atoms with Gasteiger partial charge < -0.3 is 94.4 Å². The molecule has 0 spiro atoms. The van der Waals surface area contributed by atoms with Gasteiger partial charge in [-0.05, 0) is 91.8 Å². The third-order valence-corrected chi connectivity index (χ3v) is 17.4. The van der Waals surface area contributed by atoms with Crippen molar-refractivity contribution >= 4 is 0 Å². The maximum atomic E-state index is 12.0. The van der Waals surface area contributed by atoms with Crippen LogP contribution >= 0.6 is 0 Å². The first-order valence-electron chi connectivity index (χ1n) is 23.6. The summed E-state index contributed by atoms with van der Waals surface area (Å²) < 4.78 is 41.4. The molecule has 4 aliphatic carbocycles. The number of fused-ring (bicyclic) bond motifs is 7. The van der Waals surface area contributed by atoms with E-state index in [-0.39, 0.29) is 47.4 Å². The molecule has 0 bridgehead atoms. The largest absolute Gasteiger partial charge is 0.394 e. The molecule has 19 heteroatoms. The zero-order valence-corrected chi connectivity index (χ0v) is 37.3. The summed E-state index contributed by atoms with van der Waals surface area (Å²) in [4.78, 5) is 0. The minimum atomic E-state index is -1.75. The van der Waals surface area contributed by atoms with Crippen LogP contribution in [0.25, 0.3) is 0 Å². The molecule has 8 rings (SSSR count). The lowest BCUT2D eigenvalue weighted by Gasteiger charge is -2.58. The second-order valence-electron chi connectivity index (χ2n) is 21.0. The number of rotatable bonds is 13. The van der Waals surface area contributed by atoms with Crippen LogP contribution in [-0.4, -0.2) is 198 Å². The SMILES string of the molecule is C[C@H](CCC1(O)O[C@H]2C[C@H]3[C@@H]4CC=C5C[C@@H](O[C@@H]6O[C@H](CO)[C@H](O[C@@H]7O[C@H](CO)[C@@H](O)[C@H](O)[C@H]7O)[C@H](O)[C@H]6O)CC[C@]5(C)[C@H]4CC[C@]3(C)[C@H]2[C@@H]1C)CO[C@@H]1O[C@H](CO)[C@@H](O)[C@H](O)[C@H]1O. The Bertz CT molecular complexity index is 1620. The van der Waals surface area contributed by atoms with Crippen LogP contribution in [-0.2, 0) is 33.2 Å². The van der Waals surface area contributed by atoms with Crippen molar-refractivity contribution in [3.63, 3.8) is 0 Å². The van der Waals surface area contributed by atoms with Crippen LogP contribution in [0.2, 0.25) is 0 Å². The Morgan fingerprint density at radius 1 is 0.719 bits per heavy atom. The van der Waals surface area contributed by atoms with E-state index in [1.54, 1.807) is 0 Å². The van der Waals surface area contributed by atoms with E-state index < -0.39 is 118 Å². The summed E-state index contributed by atoms with van der Waals surface area (Å²) in [6, 6.07) is 0. The fourth-order valence-corrected chi connectivity index (χ4v) is 13.6. The molecule has 4 aliphatic heterocycles. The van der Waals surface area contributed by atoms with Gasteiger partial charge in [0.05, 0.1) is 38.6 Å². The van der Waals surface area contributed by atoms with Crippen molar-refractivity contribution < 1.29 is 94.4 Å². The highest BCUT2D eigenvalue weighted by Crippen LogP contribution is 2.70. The van der Waals surface area contributed by atoms with Gasteiger partial charge in [0, 0.05) is 12.3 Å². The van der Waals surface area contributed by atoms with Gasteiger partial charge in [-0.15, -0.1) is 0 Å². The van der Waals surface area contributed by atoms with E-state index >= 15 is 0 Å². The van der Waals surface area contributed by atoms with Gasteiger partial charge in [-0.3, -0.25) is 0 Å². The van der Waals surface area contributed by atoms with Crippen LogP contribution in [0, 0.1) is 46.3 Å². The fourth-order valence-electron chi connectivity index (χ4n) is 13.6. The van der Waals surface area contributed by atoms with E-state index in [1.807, 2.05) is 6.92 Å². The second-order valence-corrected chi connectivity index (χ2v) is 21.0. The Kier molecular flexibility index (Phi) is 14.7. The third kappa shape index (κ3) is 8.57. The maximum Gasteiger partial charge on any atom is 0.187 e. The highest BCUT2D eigenvalue weighted by molar-refractivity contribution is 5.26. The monoisotopic (exact) mass is 918 g/mol. The predicted molar refractivity (Wildman–Crippen MR) is 219 cm³/mol. The standard InChI is InChI=1S/C45H74O19/c1-19(18-58-40-36(54)33(51)31(49)27(15-46)60-40)7-12-45(57)20(2)30-26(64-45)14-25-23-6-5-21-13-22(8-10-43(21,3)24(23)9-11-44(25,30)4)59-41-38(56)35(53)39(29(17-48)62-41)63-42-37(55)34(52)32(50)28(16-47)61-42/h5,19-20,22-42,46-57H,6-18H2,1-4H3/t19-,20+,22+,23-,24+,25+,26+,27-,28-,29-,30+,31-,32-,33+,34+,35-,36-,37-,38-,39+,40-,41-,42+,43+,44+,45?/m1/s1. The van der Waals surface area contributed by atoms with Gasteiger partial charge in [-0.2, -0.15) is 0 Å². The Morgan fingerprint density at radius 2 is 1.31 bits per heavy atom. The molecule has 7 fully saturated rings. The quantitative estimate of drug-likeness (QED) is 0.0902. The zero-order valence-electron chi connectivity index (χ0n) is 37.3. The lowest BCUT2D eigenvalue weighted by molar-refractivity contribution is -0.363. The number of allylic oxidation sites excluding steroid dienone is 1. The molecule has 4 saturated heterocycles. The highest BCUT2D eigenvalue weighted by atomic mass is 16.7. The van der Waals surface area contributed by atoms with Gasteiger partial charge >= 0.3 is 0 Å². The minimum absolute atomic E-state index is 0.0154. The number of aliphatic hydroxyl groups is 12. The summed E-state index contributed by atoms with van der Waals surface area (Å²) in [7, 11) is 0. The smallest absolute Gasteiger partial charge is 0.187 e. The van der Waals surface area contributed by atoms with Crippen molar-refractivity contribution in [2.24, 2.45) is 46.3 Å². The van der Waals surface area contributed by atoms with Crippen molar-refractivity contribution in [1.82, 2.24) is 0 Å². The fraction of sp³-hybridized carbons (Fsp3) is 0.956. The normalized spacial score (nSPS) is 54.3. The highest BCUT2D eigenvalue weighted by Gasteiger charge is 2.68. The van der Waals surface area contributed by atoms with E-state index in [4.69, 9.17) is 33.2 Å². The minimum Gasteiger partial charge on any atom is -0.394 e. The van der Waals surface area contributed by atoms with Gasteiger partial charge in [-0.1, -0.05) is 39.3 Å². The van der Waals surface area contributed by atoms with Gasteiger partial charge in [0.1, 0.15) is 73.2 Å². The maximum absolute atomic E-state index is 12.0. The molecule has 3 saturated carbocycles. The van der Waals surface area contributed by atoms with Crippen LogP contribution < -0.4 is 0 Å². The summed E-state index contributed by atoms with van der Waals surface area (Å²) in [6.07, 6.45) is -12.9. The lowest BCUT2D eigenvalue weighted by atomic mass is 9.47. The molecule has 26 atom stereocenters. The third-order valence-electron chi connectivity index (χ3n) is 17.4. The Labute approximate surface area is 373 Å². The molecule has 8 aliphatic rings. The average Bonchev–Trinajstić information content (AvgIpc) is 3.72. The molecular weight excluding hydrogens is 844 g/mol. The number of hydrogen-bond acceptors (Lipinski definition) is 19. The zero-order chi connectivity index (χ0) is 46.2. The molecule has 12 N–H and O–H groups in total. The van der Waals surface area contributed by atoms with E-state index in [9.17, 15) is 61.3 Å². The molecule has 19 nitrogen and oxygen atoms in total. The van der Waals surface area contributed by atoms with E-state index in [0.717, 1.165) is 32.1 Å². The summed E-state index contributed by atoms with van der Waals surface area (Å²) in [5.41, 5.74) is 1.23. The average molecular weight is 919 g/mol. The van der Waals surface area contributed by atoms with E-state index in [2.05, 4.69) is 26.8 Å². The van der Waals surface area contributed by atoms with Crippen LogP contribution in [0.3, 0.4) is 0 Å². The topological polar surface area (TPSA) is 307 Å². The van der Waals surface area contributed by atoms with Crippen molar-refractivity contribution in [2.45, 2.75) is 196 Å². The van der Waals surface area contributed by atoms with Crippen LogP contribution in [0.1, 0.15) is 85.5 Å². The van der Waals surface area contributed by atoms with Gasteiger partial charge in [-0.25, -0.2) is 0 Å². The van der Waals surface area contributed by atoms with Gasteiger partial charge in [0.15, 0.2) is 24.7 Å². The van der Waals surface area contributed by atoms with Crippen molar-refractivity contribution in [2.75, 3.05) is 26.4 Å².